The minimum Gasteiger partial charge on any atom is -0.380 e. The van der Waals surface area contributed by atoms with E-state index in [0.29, 0.717) is 5.69 Å². The lowest BCUT2D eigenvalue weighted by Gasteiger charge is -2.37. The van der Waals surface area contributed by atoms with Crippen molar-refractivity contribution in [1.82, 2.24) is 0 Å². The lowest BCUT2D eigenvalue weighted by atomic mass is 9.85. The number of nitro groups is 1. The van der Waals surface area contributed by atoms with Gasteiger partial charge >= 0.3 is 0 Å². The van der Waals surface area contributed by atoms with Crippen LogP contribution in [0.25, 0.3) is 0 Å². The largest absolute Gasteiger partial charge is 0.380 e. The number of nitro benzene ring substituents is 1. The summed E-state index contributed by atoms with van der Waals surface area (Å²) < 4.78 is 19.1. The molecule has 0 radical (unpaired) electrons. The Morgan fingerprint density at radius 3 is 2.72 bits per heavy atom. The fourth-order valence-electron chi connectivity index (χ4n) is 2.63. The Morgan fingerprint density at radius 2 is 2.22 bits per heavy atom. The number of rotatable bonds is 2. The second-order valence-electron chi connectivity index (χ2n) is 5.06. The standard InChI is InChI=1S/C12H13FN2O3/c13-10-5-9(15(16)17)1-2-11(10)14-4-3-12(6-14)7-18-8-12/h1-2,5H,3-4,6-8H2. The minimum atomic E-state index is -0.585. The van der Waals surface area contributed by atoms with Crippen LogP contribution in [0.2, 0.25) is 0 Å². The molecule has 5 nitrogen and oxygen atoms in total. The van der Waals surface area contributed by atoms with Crippen LogP contribution in [0.5, 0.6) is 0 Å². The Morgan fingerprint density at radius 1 is 1.44 bits per heavy atom. The lowest BCUT2D eigenvalue weighted by Crippen LogP contribution is -2.44. The molecule has 2 heterocycles. The fraction of sp³-hybridized carbons (Fsp3) is 0.500. The van der Waals surface area contributed by atoms with Crippen LogP contribution in [0.15, 0.2) is 18.2 Å². The third-order valence-corrected chi connectivity index (χ3v) is 3.74. The van der Waals surface area contributed by atoms with Gasteiger partial charge < -0.3 is 9.64 Å². The van der Waals surface area contributed by atoms with Crippen LogP contribution < -0.4 is 4.90 Å². The maximum absolute atomic E-state index is 13.9. The first-order chi connectivity index (χ1) is 8.60. The van der Waals surface area contributed by atoms with Gasteiger partial charge in [-0.05, 0) is 12.5 Å². The highest BCUT2D eigenvalue weighted by Crippen LogP contribution is 2.40. The molecule has 0 atom stereocenters. The smallest absolute Gasteiger partial charge is 0.272 e. The quantitative estimate of drug-likeness (QED) is 0.596. The number of ether oxygens (including phenoxy) is 1. The van der Waals surface area contributed by atoms with Crippen molar-refractivity contribution >= 4 is 11.4 Å². The molecule has 0 N–H and O–H groups in total. The normalized spacial score (nSPS) is 21.1. The van der Waals surface area contributed by atoms with E-state index in [1.54, 1.807) is 0 Å². The van der Waals surface area contributed by atoms with Crippen LogP contribution in [0, 0.1) is 21.3 Å². The minimum absolute atomic E-state index is 0.175. The number of hydrogen-bond donors (Lipinski definition) is 0. The molecule has 3 rings (SSSR count). The van der Waals surface area contributed by atoms with Gasteiger partial charge in [-0.15, -0.1) is 0 Å². The van der Waals surface area contributed by atoms with Gasteiger partial charge in [-0.3, -0.25) is 10.1 Å². The first-order valence-electron chi connectivity index (χ1n) is 5.86. The predicted octanol–water partition coefficient (Wildman–Crippen LogP) is 1.96. The van der Waals surface area contributed by atoms with Crippen molar-refractivity contribution in [3.05, 3.63) is 34.1 Å². The highest BCUT2D eigenvalue weighted by molar-refractivity contribution is 5.53. The molecule has 2 aliphatic heterocycles. The molecule has 2 fully saturated rings. The van der Waals surface area contributed by atoms with E-state index in [1.165, 1.54) is 12.1 Å². The monoisotopic (exact) mass is 252 g/mol. The Kier molecular flexibility index (Phi) is 2.48. The Hall–Kier alpha value is -1.69. The van der Waals surface area contributed by atoms with E-state index < -0.39 is 10.7 Å². The van der Waals surface area contributed by atoms with Gasteiger partial charge in [-0.1, -0.05) is 0 Å². The van der Waals surface area contributed by atoms with Crippen molar-refractivity contribution in [1.29, 1.82) is 0 Å². The van der Waals surface area contributed by atoms with Crippen molar-refractivity contribution in [3.8, 4) is 0 Å². The number of non-ortho nitro benzene ring substituents is 1. The number of nitrogens with zero attached hydrogens (tertiary/aromatic N) is 2. The molecule has 1 aromatic rings. The summed E-state index contributed by atoms with van der Waals surface area (Å²) in [6.07, 6.45) is 0.990. The molecule has 1 spiro atoms. The lowest BCUT2D eigenvalue weighted by molar-refractivity contribution is -0.385. The van der Waals surface area contributed by atoms with Crippen LogP contribution in [-0.2, 0) is 4.74 Å². The molecular weight excluding hydrogens is 239 g/mol. The molecule has 2 aliphatic rings. The summed E-state index contributed by atoms with van der Waals surface area (Å²) in [5.74, 6) is -0.526. The summed E-state index contributed by atoms with van der Waals surface area (Å²) in [6.45, 7) is 3.01. The molecule has 0 saturated carbocycles. The Labute approximate surface area is 103 Å². The Balaban J connectivity index is 1.82. The van der Waals surface area contributed by atoms with Crippen molar-refractivity contribution in [2.45, 2.75) is 6.42 Å². The van der Waals surface area contributed by atoms with E-state index in [4.69, 9.17) is 4.74 Å². The highest BCUT2D eigenvalue weighted by Gasteiger charge is 2.44. The second-order valence-corrected chi connectivity index (χ2v) is 5.06. The van der Waals surface area contributed by atoms with Crippen LogP contribution in [0.4, 0.5) is 15.8 Å². The van der Waals surface area contributed by atoms with Crippen molar-refractivity contribution < 1.29 is 14.1 Å². The molecule has 0 bridgehead atoms. The van der Waals surface area contributed by atoms with E-state index in [-0.39, 0.29) is 11.1 Å². The number of benzene rings is 1. The maximum Gasteiger partial charge on any atom is 0.272 e. The van der Waals surface area contributed by atoms with E-state index in [9.17, 15) is 14.5 Å². The average Bonchev–Trinajstić information content (AvgIpc) is 2.73. The fourth-order valence-corrected chi connectivity index (χ4v) is 2.63. The van der Waals surface area contributed by atoms with Gasteiger partial charge in [0.05, 0.1) is 29.9 Å². The molecule has 0 aromatic heterocycles. The highest BCUT2D eigenvalue weighted by atomic mass is 19.1. The third kappa shape index (κ3) is 1.73. The number of halogens is 1. The van der Waals surface area contributed by atoms with Gasteiger partial charge in [-0.2, -0.15) is 0 Å². The summed E-state index contributed by atoms with van der Waals surface area (Å²) in [5.41, 5.74) is 0.412. The van der Waals surface area contributed by atoms with Crippen molar-refractivity contribution in [2.24, 2.45) is 5.41 Å². The average molecular weight is 252 g/mol. The molecule has 6 heteroatoms. The SMILES string of the molecule is O=[N+]([O-])c1ccc(N2CCC3(COC3)C2)c(F)c1. The van der Waals surface area contributed by atoms with Gasteiger partial charge in [0.15, 0.2) is 5.82 Å². The van der Waals surface area contributed by atoms with Gasteiger partial charge in [0.2, 0.25) is 0 Å². The van der Waals surface area contributed by atoms with Crippen LogP contribution in [0.3, 0.4) is 0 Å². The topological polar surface area (TPSA) is 55.6 Å². The van der Waals surface area contributed by atoms with Crippen molar-refractivity contribution in [2.75, 3.05) is 31.2 Å². The van der Waals surface area contributed by atoms with Gasteiger partial charge in [0.25, 0.3) is 5.69 Å². The van der Waals surface area contributed by atoms with Crippen LogP contribution >= 0.6 is 0 Å². The zero-order valence-corrected chi connectivity index (χ0v) is 9.76. The molecule has 1 aromatic carbocycles. The molecule has 96 valence electrons. The van der Waals surface area contributed by atoms with Gasteiger partial charge in [0.1, 0.15) is 0 Å². The van der Waals surface area contributed by atoms with E-state index in [2.05, 4.69) is 0 Å². The third-order valence-electron chi connectivity index (χ3n) is 3.74. The maximum atomic E-state index is 13.9. The molecule has 18 heavy (non-hydrogen) atoms. The summed E-state index contributed by atoms with van der Waals surface area (Å²) in [5, 5.41) is 10.6. The Bertz CT molecular complexity index is 502. The summed E-state index contributed by atoms with van der Waals surface area (Å²) in [6, 6.07) is 3.82. The van der Waals surface area contributed by atoms with Gasteiger partial charge in [-0.25, -0.2) is 4.39 Å². The molecule has 2 saturated heterocycles. The number of hydrogen-bond acceptors (Lipinski definition) is 4. The molecule has 0 unspecified atom stereocenters. The van der Waals surface area contributed by atoms with Gasteiger partial charge in [0, 0.05) is 24.6 Å². The summed E-state index contributed by atoms with van der Waals surface area (Å²) in [7, 11) is 0. The zero-order valence-electron chi connectivity index (χ0n) is 9.76. The molecule has 0 amide bonds. The first kappa shape index (κ1) is 11.4. The first-order valence-corrected chi connectivity index (χ1v) is 5.86. The summed E-state index contributed by atoms with van der Waals surface area (Å²) in [4.78, 5) is 11.9. The van der Waals surface area contributed by atoms with E-state index in [1.807, 2.05) is 4.90 Å². The van der Waals surface area contributed by atoms with E-state index >= 15 is 0 Å². The summed E-state index contributed by atoms with van der Waals surface area (Å²) >= 11 is 0. The molecular formula is C12H13FN2O3. The van der Waals surface area contributed by atoms with Crippen molar-refractivity contribution in [3.63, 3.8) is 0 Å². The van der Waals surface area contributed by atoms with E-state index in [0.717, 1.165) is 38.8 Å². The zero-order chi connectivity index (χ0) is 12.8. The van der Waals surface area contributed by atoms with Crippen LogP contribution in [0.1, 0.15) is 6.42 Å². The molecule has 0 aliphatic carbocycles. The second kappa shape index (κ2) is 3.91. The predicted molar refractivity (Wildman–Crippen MR) is 63.1 cm³/mol. The number of anilines is 1. The van der Waals surface area contributed by atoms with Crippen LogP contribution in [-0.4, -0.2) is 31.2 Å².